The molecule has 0 aromatic carbocycles. The van der Waals surface area contributed by atoms with Gasteiger partial charge in [-0.15, -0.1) is 0 Å². The first-order valence-electron chi connectivity index (χ1n) is 8.78. The summed E-state index contributed by atoms with van der Waals surface area (Å²) in [7, 11) is 2.15. The van der Waals surface area contributed by atoms with Gasteiger partial charge in [0.2, 0.25) is 0 Å². The molecule has 0 spiro atoms. The van der Waals surface area contributed by atoms with Crippen molar-refractivity contribution in [2.45, 2.75) is 60.3 Å². The molecule has 1 heterocycles. The highest BCUT2D eigenvalue weighted by Crippen LogP contribution is 2.24. The topological polar surface area (TPSA) is 58.4 Å². The van der Waals surface area contributed by atoms with E-state index >= 15 is 0 Å². The zero-order valence-electron chi connectivity index (χ0n) is 15.7. The Morgan fingerprint density at radius 1 is 1.30 bits per heavy atom. The highest BCUT2D eigenvalue weighted by molar-refractivity contribution is 5.93. The van der Waals surface area contributed by atoms with Crippen LogP contribution in [0.5, 0.6) is 0 Å². The van der Waals surface area contributed by atoms with Gasteiger partial charge in [0.05, 0.1) is 0 Å². The van der Waals surface area contributed by atoms with Crippen molar-refractivity contribution >= 4 is 5.91 Å². The molecule has 0 radical (unpaired) electrons. The van der Waals surface area contributed by atoms with Gasteiger partial charge in [-0.05, 0) is 38.8 Å². The third kappa shape index (κ3) is 5.65. The summed E-state index contributed by atoms with van der Waals surface area (Å²) < 4.78 is 5.22. The van der Waals surface area contributed by atoms with E-state index in [-0.39, 0.29) is 11.3 Å². The molecular weight excluding hydrogens is 290 g/mol. The lowest BCUT2D eigenvalue weighted by Gasteiger charge is -2.34. The maximum atomic E-state index is 12.4. The van der Waals surface area contributed by atoms with Crippen LogP contribution < -0.4 is 5.32 Å². The first-order valence-corrected chi connectivity index (χ1v) is 8.78. The minimum atomic E-state index is -0.133. The molecule has 0 aliphatic carbocycles. The van der Waals surface area contributed by atoms with Gasteiger partial charge in [0.25, 0.3) is 5.91 Å². The van der Waals surface area contributed by atoms with E-state index in [2.05, 4.69) is 43.2 Å². The summed E-state index contributed by atoms with van der Waals surface area (Å²) in [6, 6.07) is 0. The molecule has 132 valence electrons. The van der Waals surface area contributed by atoms with Crippen molar-refractivity contribution < 1.29 is 9.32 Å². The average Bonchev–Trinajstić information content (AvgIpc) is 2.86. The number of nitrogens with one attached hydrogen (secondary N) is 1. The molecule has 1 N–H and O–H groups in total. The molecule has 1 aromatic heterocycles. The monoisotopic (exact) mass is 323 g/mol. The van der Waals surface area contributed by atoms with Gasteiger partial charge in [0, 0.05) is 25.1 Å². The molecule has 1 atom stereocenters. The second kappa shape index (κ2) is 9.06. The molecule has 0 saturated carbocycles. The first kappa shape index (κ1) is 19.7. The third-order valence-electron chi connectivity index (χ3n) is 4.34. The molecular formula is C18H33N3O2. The SMILES string of the molecule is CCCN(C)CC(C)(CCC)CNC(=O)c1noc(CC)c1C. The lowest BCUT2D eigenvalue weighted by atomic mass is 9.84. The number of amides is 1. The highest BCUT2D eigenvalue weighted by Gasteiger charge is 2.27. The van der Waals surface area contributed by atoms with Crippen LogP contribution in [0.3, 0.4) is 0 Å². The Morgan fingerprint density at radius 2 is 2.00 bits per heavy atom. The van der Waals surface area contributed by atoms with Gasteiger partial charge in [0.15, 0.2) is 5.69 Å². The number of rotatable bonds is 10. The summed E-state index contributed by atoms with van der Waals surface area (Å²) in [6.07, 6.45) is 4.08. The number of carbonyl (C=O) groups is 1. The molecule has 1 aromatic rings. The fraction of sp³-hybridized carbons (Fsp3) is 0.778. The molecule has 5 nitrogen and oxygen atoms in total. The normalized spacial score (nSPS) is 14.0. The first-order chi connectivity index (χ1) is 10.9. The van der Waals surface area contributed by atoms with Gasteiger partial charge in [-0.25, -0.2) is 0 Å². The van der Waals surface area contributed by atoms with Crippen LogP contribution in [0, 0.1) is 12.3 Å². The van der Waals surface area contributed by atoms with Crippen LogP contribution in [-0.4, -0.2) is 42.6 Å². The molecule has 0 bridgehead atoms. The van der Waals surface area contributed by atoms with Crippen molar-refractivity contribution in [1.29, 1.82) is 0 Å². The third-order valence-corrected chi connectivity index (χ3v) is 4.34. The predicted octanol–water partition coefficient (Wildman–Crippen LogP) is 3.42. The predicted molar refractivity (Wildman–Crippen MR) is 93.8 cm³/mol. The van der Waals surface area contributed by atoms with Gasteiger partial charge < -0.3 is 14.7 Å². The van der Waals surface area contributed by atoms with Gasteiger partial charge in [-0.3, -0.25) is 4.79 Å². The van der Waals surface area contributed by atoms with E-state index in [1.54, 1.807) is 0 Å². The number of hydrogen-bond donors (Lipinski definition) is 1. The van der Waals surface area contributed by atoms with E-state index in [1.807, 2.05) is 13.8 Å². The molecule has 23 heavy (non-hydrogen) atoms. The lowest BCUT2D eigenvalue weighted by molar-refractivity contribution is 0.0904. The van der Waals surface area contributed by atoms with Crippen LogP contribution in [-0.2, 0) is 6.42 Å². The van der Waals surface area contributed by atoms with Crippen molar-refractivity contribution in [3.05, 3.63) is 17.0 Å². The Labute approximate surface area is 140 Å². The molecule has 0 aliphatic rings. The Bertz CT molecular complexity index is 498. The summed E-state index contributed by atoms with van der Waals surface area (Å²) in [5.41, 5.74) is 1.34. The van der Waals surface area contributed by atoms with E-state index in [9.17, 15) is 4.79 Å². The van der Waals surface area contributed by atoms with E-state index < -0.39 is 0 Å². The highest BCUT2D eigenvalue weighted by atomic mass is 16.5. The Hall–Kier alpha value is -1.36. The molecule has 1 unspecified atom stereocenters. The smallest absolute Gasteiger partial charge is 0.273 e. The summed E-state index contributed by atoms with van der Waals surface area (Å²) in [4.78, 5) is 14.8. The van der Waals surface area contributed by atoms with Crippen LogP contribution in [0.25, 0.3) is 0 Å². The minimum Gasteiger partial charge on any atom is -0.360 e. The lowest BCUT2D eigenvalue weighted by Crippen LogP contribution is -2.43. The maximum Gasteiger partial charge on any atom is 0.273 e. The van der Waals surface area contributed by atoms with E-state index in [0.717, 1.165) is 50.1 Å². The molecule has 0 aliphatic heterocycles. The Kier molecular flexibility index (Phi) is 7.76. The standard InChI is InChI=1S/C18H33N3O2/c1-7-10-18(5,13-21(6)11-8-2)12-19-17(22)16-14(4)15(9-3)23-20-16/h7-13H2,1-6H3,(H,19,22). The van der Waals surface area contributed by atoms with Crippen LogP contribution in [0.15, 0.2) is 4.52 Å². The van der Waals surface area contributed by atoms with Crippen LogP contribution >= 0.6 is 0 Å². The zero-order chi connectivity index (χ0) is 17.5. The molecule has 1 rings (SSSR count). The van der Waals surface area contributed by atoms with Gasteiger partial charge in [0.1, 0.15) is 5.76 Å². The number of aromatic nitrogens is 1. The Balaban J connectivity index is 2.69. The summed E-state index contributed by atoms with van der Waals surface area (Å²) in [5, 5.41) is 6.99. The number of hydrogen-bond acceptors (Lipinski definition) is 4. The largest absolute Gasteiger partial charge is 0.360 e. The summed E-state index contributed by atoms with van der Waals surface area (Å²) in [6.45, 7) is 13.2. The summed E-state index contributed by atoms with van der Waals surface area (Å²) in [5.74, 6) is 0.653. The van der Waals surface area contributed by atoms with Crippen molar-refractivity contribution in [2.75, 3.05) is 26.7 Å². The fourth-order valence-electron chi connectivity index (χ4n) is 3.23. The molecule has 0 fully saturated rings. The van der Waals surface area contributed by atoms with Crippen molar-refractivity contribution in [2.24, 2.45) is 5.41 Å². The number of aryl methyl sites for hydroxylation is 1. The van der Waals surface area contributed by atoms with E-state index in [0.29, 0.717) is 12.2 Å². The molecule has 5 heteroatoms. The van der Waals surface area contributed by atoms with Crippen LogP contribution in [0.4, 0.5) is 0 Å². The average molecular weight is 323 g/mol. The maximum absolute atomic E-state index is 12.4. The number of nitrogens with zero attached hydrogens (tertiary/aromatic N) is 2. The van der Waals surface area contributed by atoms with E-state index in [1.165, 1.54) is 0 Å². The summed E-state index contributed by atoms with van der Waals surface area (Å²) >= 11 is 0. The second-order valence-electron chi connectivity index (χ2n) is 6.91. The van der Waals surface area contributed by atoms with Crippen LogP contribution in [0.1, 0.15) is 68.8 Å². The second-order valence-corrected chi connectivity index (χ2v) is 6.91. The van der Waals surface area contributed by atoms with E-state index in [4.69, 9.17) is 4.52 Å². The van der Waals surface area contributed by atoms with Crippen molar-refractivity contribution in [3.63, 3.8) is 0 Å². The zero-order valence-corrected chi connectivity index (χ0v) is 15.7. The van der Waals surface area contributed by atoms with Gasteiger partial charge in [-0.1, -0.05) is 39.3 Å². The number of carbonyl (C=O) groups excluding carboxylic acids is 1. The minimum absolute atomic E-state index is 0.0690. The van der Waals surface area contributed by atoms with Gasteiger partial charge in [-0.2, -0.15) is 0 Å². The Morgan fingerprint density at radius 3 is 2.52 bits per heavy atom. The van der Waals surface area contributed by atoms with Gasteiger partial charge >= 0.3 is 0 Å². The van der Waals surface area contributed by atoms with Crippen molar-refractivity contribution in [3.8, 4) is 0 Å². The molecule has 0 saturated heterocycles. The quantitative estimate of drug-likeness (QED) is 0.717. The van der Waals surface area contributed by atoms with Crippen LogP contribution in [0.2, 0.25) is 0 Å². The fourth-order valence-corrected chi connectivity index (χ4v) is 3.23. The van der Waals surface area contributed by atoms with Crippen molar-refractivity contribution in [1.82, 2.24) is 15.4 Å². The molecule has 1 amide bonds.